The predicted octanol–water partition coefficient (Wildman–Crippen LogP) is 2.42. The van der Waals surface area contributed by atoms with Gasteiger partial charge in [0.15, 0.2) is 0 Å². The Bertz CT molecular complexity index is 913. The predicted molar refractivity (Wildman–Crippen MR) is 106 cm³/mol. The summed E-state index contributed by atoms with van der Waals surface area (Å²) in [5.74, 6) is 0.557. The van der Waals surface area contributed by atoms with E-state index in [2.05, 4.69) is 0 Å². The third kappa shape index (κ3) is 2.76. The molecule has 6 heteroatoms. The van der Waals surface area contributed by atoms with Crippen LogP contribution in [-0.4, -0.2) is 54.2 Å². The van der Waals surface area contributed by atoms with Crippen molar-refractivity contribution in [3.05, 3.63) is 59.7 Å². The number of amides is 2. The minimum atomic E-state index is -0.229. The van der Waals surface area contributed by atoms with Crippen molar-refractivity contribution in [2.24, 2.45) is 0 Å². The van der Waals surface area contributed by atoms with Crippen LogP contribution in [0, 0.1) is 0 Å². The van der Waals surface area contributed by atoms with Gasteiger partial charge in [-0.2, -0.15) is 0 Å². The molecule has 2 aliphatic heterocycles. The molecule has 4 rings (SSSR count). The largest absolute Gasteiger partial charge is 0.497 e. The fourth-order valence-corrected chi connectivity index (χ4v) is 4.52. The highest BCUT2D eigenvalue weighted by Gasteiger charge is 2.54. The highest BCUT2D eigenvalue weighted by atomic mass is 16.5. The van der Waals surface area contributed by atoms with E-state index in [1.54, 1.807) is 41.2 Å². The quantitative estimate of drug-likeness (QED) is 0.884. The van der Waals surface area contributed by atoms with Crippen LogP contribution in [0.5, 0.6) is 5.75 Å². The van der Waals surface area contributed by atoms with Crippen molar-refractivity contribution in [1.82, 2.24) is 4.90 Å². The number of hydrogen-bond donors (Lipinski definition) is 1. The van der Waals surface area contributed by atoms with Gasteiger partial charge in [-0.25, -0.2) is 0 Å². The van der Waals surface area contributed by atoms with Crippen molar-refractivity contribution >= 4 is 17.5 Å². The number of anilines is 1. The van der Waals surface area contributed by atoms with Crippen molar-refractivity contribution < 1.29 is 19.4 Å². The van der Waals surface area contributed by atoms with E-state index < -0.39 is 0 Å². The third-order valence-corrected chi connectivity index (χ3v) is 5.84. The highest BCUT2D eigenvalue weighted by molar-refractivity contribution is 6.07. The van der Waals surface area contributed by atoms with E-state index in [4.69, 9.17) is 4.74 Å². The molecule has 2 aromatic rings. The Morgan fingerprint density at radius 2 is 1.96 bits per heavy atom. The first-order valence-corrected chi connectivity index (χ1v) is 9.57. The van der Waals surface area contributed by atoms with Crippen LogP contribution in [-0.2, 0) is 4.79 Å². The van der Waals surface area contributed by atoms with Gasteiger partial charge in [-0.3, -0.25) is 9.59 Å². The summed E-state index contributed by atoms with van der Waals surface area (Å²) in [6.45, 7) is 2.16. The maximum Gasteiger partial charge on any atom is 0.258 e. The molecule has 0 radical (unpaired) electrons. The molecule has 1 saturated heterocycles. The summed E-state index contributed by atoms with van der Waals surface area (Å²) in [6.07, 6.45) is 0.380. The topological polar surface area (TPSA) is 70.1 Å². The molecule has 2 heterocycles. The van der Waals surface area contributed by atoms with Crippen LogP contribution in [0.2, 0.25) is 0 Å². The number of ether oxygens (including phenoxy) is 1. The number of carbonyl (C=O) groups excluding carboxylic acids is 2. The first-order chi connectivity index (χ1) is 13.6. The van der Waals surface area contributed by atoms with Crippen molar-refractivity contribution in [3.63, 3.8) is 0 Å². The summed E-state index contributed by atoms with van der Waals surface area (Å²) in [5, 5.41) is 9.89. The number of para-hydroxylation sites is 1. The van der Waals surface area contributed by atoms with Gasteiger partial charge in [0.1, 0.15) is 5.75 Å². The van der Waals surface area contributed by atoms with Crippen LogP contribution < -0.4 is 9.64 Å². The Hall–Kier alpha value is -2.86. The van der Waals surface area contributed by atoms with E-state index in [9.17, 15) is 14.7 Å². The lowest BCUT2D eigenvalue weighted by molar-refractivity contribution is -0.149. The highest BCUT2D eigenvalue weighted by Crippen LogP contribution is 2.48. The van der Waals surface area contributed by atoms with E-state index in [1.807, 2.05) is 31.2 Å². The van der Waals surface area contributed by atoms with Crippen molar-refractivity contribution in [2.45, 2.75) is 31.3 Å². The zero-order valence-electron chi connectivity index (χ0n) is 16.0. The molecule has 1 fully saturated rings. The second kappa shape index (κ2) is 7.28. The van der Waals surface area contributed by atoms with Crippen LogP contribution >= 0.6 is 0 Å². The number of aliphatic hydroxyl groups is 1. The standard InChI is InChI=1S/C22H24N2O4/c1-3-20(26)24-18-12-23(22(27)14-7-6-8-15(11-14)28-2)17-10-5-4-9-16(17)21(18)19(24)13-25/h4-11,18-19,21,25H,3,12-13H2,1-2H3/t18-,19+,21+/m0/s1. The van der Waals surface area contributed by atoms with E-state index in [-0.39, 0.29) is 36.4 Å². The summed E-state index contributed by atoms with van der Waals surface area (Å²) in [6, 6.07) is 14.5. The van der Waals surface area contributed by atoms with Gasteiger partial charge >= 0.3 is 0 Å². The molecular weight excluding hydrogens is 356 g/mol. The lowest BCUT2D eigenvalue weighted by Gasteiger charge is -2.59. The molecule has 2 amide bonds. The summed E-state index contributed by atoms with van der Waals surface area (Å²) in [7, 11) is 1.57. The molecule has 2 aliphatic rings. The first-order valence-electron chi connectivity index (χ1n) is 9.57. The van der Waals surface area contributed by atoms with Crippen molar-refractivity contribution in [3.8, 4) is 5.75 Å². The van der Waals surface area contributed by atoms with Gasteiger partial charge in [0, 0.05) is 30.1 Å². The van der Waals surface area contributed by atoms with Gasteiger partial charge in [0.2, 0.25) is 5.91 Å². The summed E-state index contributed by atoms with van der Waals surface area (Å²) in [5.41, 5.74) is 2.40. The lowest BCUT2D eigenvalue weighted by Crippen LogP contribution is -2.70. The molecule has 0 saturated carbocycles. The fourth-order valence-electron chi connectivity index (χ4n) is 4.52. The molecule has 0 spiro atoms. The van der Waals surface area contributed by atoms with Crippen LogP contribution in [0.3, 0.4) is 0 Å². The maximum absolute atomic E-state index is 13.3. The van der Waals surface area contributed by atoms with Crippen LogP contribution in [0.25, 0.3) is 0 Å². The number of methoxy groups -OCH3 is 1. The van der Waals surface area contributed by atoms with Crippen LogP contribution in [0.1, 0.15) is 35.2 Å². The van der Waals surface area contributed by atoms with Crippen molar-refractivity contribution in [1.29, 1.82) is 0 Å². The van der Waals surface area contributed by atoms with Crippen LogP contribution in [0.4, 0.5) is 5.69 Å². The monoisotopic (exact) mass is 380 g/mol. The zero-order valence-corrected chi connectivity index (χ0v) is 16.0. The molecule has 3 atom stereocenters. The van der Waals surface area contributed by atoms with E-state index >= 15 is 0 Å². The Labute approximate surface area is 164 Å². The normalized spacial score (nSPS) is 22.8. The molecular formula is C22H24N2O4. The number of benzene rings is 2. The molecule has 1 N–H and O–H groups in total. The second-order valence-corrected chi connectivity index (χ2v) is 7.20. The summed E-state index contributed by atoms with van der Waals surface area (Å²) >= 11 is 0. The van der Waals surface area contributed by atoms with Crippen molar-refractivity contribution in [2.75, 3.05) is 25.2 Å². The molecule has 0 aromatic heterocycles. The van der Waals surface area contributed by atoms with Gasteiger partial charge in [-0.05, 0) is 29.8 Å². The number of carbonyl (C=O) groups is 2. The second-order valence-electron chi connectivity index (χ2n) is 7.20. The fraction of sp³-hybridized carbons (Fsp3) is 0.364. The van der Waals surface area contributed by atoms with Gasteiger partial charge < -0.3 is 19.6 Å². The number of hydrogen-bond acceptors (Lipinski definition) is 4. The molecule has 0 aliphatic carbocycles. The van der Waals surface area contributed by atoms with E-state index in [1.165, 1.54) is 0 Å². The molecule has 146 valence electrons. The van der Waals surface area contributed by atoms with E-state index in [0.717, 1.165) is 11.3 Å². The number of nitrogens with zero attached hydrogens (tertiary/aromatic N) is 2. The third-order valence-electron chi connectivity index (χ3n) is 5.84. The summed E-state index contributed by atoms with van der Waals surface area (Å²) < 4.78 is 5.25. The maximum atomic E-state index is 13.3. The van der Waals surface area contributed by atoms with Crippen LogP contribution in [0.15, 0.2) is 48.5 Å². The molecule has 0 bridgehead atoms. The smallest absolute Gasteiger partial charge is 0.258 e. The van der Waals surface area contributed by atoms with Gasteiger partial charge in [-0.15, -0.1) is 0 Å². The first kappa shape index (κ1) is 18.5. The average Bonchev–Trinajstić information content (AvgIpc) is 2.73. The Morgan fingerprint density at radius 1 is 1.18 bits per heavy atom. The minimum Gasteiger partial charge on any atom is -0.497 e. The summed E-state index contributed by atoms with van der Waals surface area (Å²) in [4.78, 5) is 29.3. The number of rotatable bonds is 4. The minimum absolute atomic E-state index is 0.00783. The average molecular weight is 380 g/mol. The zero-order chi connectivity index (χ0) is 19.8. The lowest BCUT2D eigenvalue weighted by atomic mass is 9.71. The molecule has 28 heavy (non-hydrogen) atoms. The molecule has 0 unspecified atom stereocenters. The Balaban J connectivity index is 1.73. The SMILES string of the molecule is CCC(=O)N1[C@H](CO)[C@@H]2c3ccccc3N(C(=O)c3cccc(OC)c3)C[C@@H]21. The van der Waals surface area contributed by atoms with Gasteiger partial charge in [0.05, 0.1) is 25.8 Å². The number of aliphatic hydroxyl groups excluding tert-OH is 1. The molecule has 6 nitrogen and oxygen atoms in total. The Kier molecular flexibility index (Phi) is 4.81. The Morgan fingerprint density at radius 3 is 2.68 bits per heavy atom. The van der Waals surface area contributed by atoms with Gasteiger partial charge in [0.25, 0.3) is 5.91 Å². The molecule has 2 aromatic carbocycles. The van der Waals surface area contributed by atoms with Gasteiger partial charge in [-0.1, -0.05) is 31.2 Å². The number of likely N-dealkylation sites (tertiary alicyclic amines) is 1. The number of fused-ring (bicyclic) bond motifs is 3. The van der Waals surface area contributed by atoms with E-state index in [0.29, 0.717) is 24.3 Å².